The van der Waals surface area contributed by atoms with E-state index in [1.54, 1.807) is 0 Å². The molecule has 0 bridgehead atoms. The number of nitrogens with zero attached hydrogens (tertiary/aromatic N) is 1. The van der Waals surface area contributed by atoms with Crippen molar-refractivity contribution in [3.05, 3.63) is 33.3 Å². The van der Waals surface area contributed by atoms with Gasteiger partial charge in [0, 0.05) is 0 Å². The predicted octanol–water partition coefficient (Wildman–Crippen LogP) is 9.31. The van der Waals surface area contributed by atoms with Gasteiger partial charge in [-0.25, -0.2) is 0 Å². The van der Waals surface area contributed by atoms with Crippen molar-refractivity contribution in [1.29, 1.82) is 5.26 Å². The third kappa shape index (κ3) is 6.38. The summed E-state index contributed by atoms with van der Waals surface area (Å²) in [5.41, 5.74) is 1.64. The molecule has 0 aromatic heterocycles. The van der Waals surface area contributed by atoms with Crippen LogP contribution in [-0.4, -0.2) is 0 Å². The number of unbranched alkanes of at least 4 members (excludes halogenated alkanes) is 4. The maximum Gasteiger partial charge on any atom is 0.102 e. The molecule has 0 amide bonds. The zero-order valence-electron chi connectivity index (χ0n) is 18.1. The van der Waals surface area contributed by atoms with Crippen molar-refractivity contribution in [3.8, 4) is 6.07 Å². The van der Waals surface area contributed by atoms with E-state index in [1.807, 2.05) is 12.1 Å². The van der Waals surface area contributed by atoms with Crippen LogP contribution in [0.15, 0.2) is 12.1 Å². The van der Waals surface area contributed by atoms with Crippen molar-refractivity contribution in [2.75, 3.05) is 0 Å². The zero-order valence-corrected chi connectivity index (χ0v) is 19.6. The van der Waals surface area contributed by atoms with Crippen LogP contribution in [0.5, 0.6) is 0 Å². The van der Waals surface area contributed by atoms with Gasteiger partial charge in [-0.05, 0) is 79.9 Å². The van der Waals surface area contributed by atoms with Crippen molar-refractivity contribution in [3.63, 3.8) is 0 Å². The molecule has 0 heterocycles. The van der Waals surface area contributed by atoms with Crippen molar-refractivity contribution in [2.45, 2.75) is 103 Å². The zero-order chi connectivity index (χ0) is 20.6. The highest BCUT2D eigenvalue weighted by molar-refractivity contribution is 6.36. The van der Waals surface area contributed by atoms with Gasteiger partial charge in [-0.2, -0.15) is 5.26 Å². The van der Waals surface area contributed by atoms with E-state index in [0.717, 1.165) is 17.8 Å². The van der Waals surface area contributed by atoms with E-state index >= 15 is 0 Å². The summed E-state index contributed by atoms with van der Waals surface area (Å²) >= 11 is 12.5. The van der Waals surface area contributed by atoms with Crippen molar-refractivity contribution >= 4 is 23.2 Å². The average molecular weight is 434 g/mol. The standard InChI is InChI=1S/C26H37Cl2N/c1-2-3-4-5-6-7-19-8-10-20(11-9-19)21-12-14-22(15-13-21)23-16-25(27)24(18-29)26(28)17-23/h16-17,19-22H,2-15H2,1H3. The monoisotopic (exact) mass is 433 g/mol. The Hall–Kier alpha value is -0.710. The van der Waals surface area contributed by atoms with Crippen molar-refractivity contribution < 1.29 is 0 Å². The number of halogens is 2. The van der Waals surface area contributed by atoms with E-state index in [0.29, 0.717) is 21.5 Å². The highest BCUT2D eigenvalue weighted by atomic mass is 35.5. The van der Waals surface area contributed by atoms with Gasteiger partial charge in [-0.15, -0.1) is 0 Å². The van der Waals surface area contributed by atoms with E-state index in [4.69, 9.17) is 28.5 Å². The first-order valence-corrected chi connectivity index (χ1v) is 12.8. The second-order valence-electron chi connectivity index (χ2n) is 9.57. The summed E-state index contributed by atoms with van der Waals surface area (Å²) in [6, 6.07) is 6.05. The number of nitriles is 1. The van der Waals surface area contributed by atoms with Gasteiger partial charge in [0.15, 0.2) is 0 Å². The fraction of sp³-hybridized carbons (Fsp3) is 0.731. The van der Waals surface area contributed by atoms with E-state index in [9.17, 15) is 0 Å². The SMILES string of the molecule is CCCCCCCC1CCC(C2CCC(c3cc(Cl)c(C#N)c(Cl)c3)CC2)CC1. The largest absolute Gasteiger partial charge is 0.192 e. The van der Waals surface area contributed by atoms with Crippen LogP contribution in [0.25, 0.3) is 0 Å². The first kappa shape index (κ1) is 23.0. The molecule has 1 aromatic carbocycles. The molecule has 0 N–H and O–H groups in total. The summed E-state index contributed by atoms with van der Waals surface area (Å²) in [6.45, 7) is 2.30. The minimum atomic E-state index is 0.410. The van der Waals surface area contributed by atoms with Gasteiger partial charge in [0.05, 0.1) is 15.6 Å². The highest BCUT2D eigenvalue weighted by Crippen LogP contribution is 2.45. The molecule has 3 heteroatoms. The van der Waals surface area contributed by atoms with Crippen molar-refractivity contribution in [1.82, 2.24) is 0 Å². The molecule has 29 heavy (non-hydrogen) atoms. The maximum atomic E-state index is 9.16. The number of hydrogen-bond donors (Lipinski definition) is 0. The summed E-state index contributed by atoms with van der Waals surface area (Å²) in [4.78, 5) is 0. The van der Waals surface area contributed by atoms with Crippen LogP contribution in [0, 0.1) is 29.1 Å². The van der Waals surface area contributed by atoms with Crippen LogP contribution < -0.4 is 0 Å². The van der Waals surface area contributed by atoms with Crippen LogP contribution in [-0.2, 0) is 0 Å². The van der Waals surface area contributed by atoms with Gasteiger partial charge in [-0.3, -0.25) is 0 Å². The van der Waals surface area contributed by atoms with Crippen LogP contribution in [0.4, 0.5) is 0 Å². The minimum absolute atomic E-state index is 0.410. The topological polar surface area (TPSA) is 23.8 Å². The molecule has 3 rings (SSSR count). The van der Waals surface area contributed by atoms with Gasteiger partial charge in [0.25, 0.3) is 0 Å². The van der Waals surface area contributed by atoms with Crippen LogP contribution >= 0.6 is 23.2 Å². The van der Waals surface area contributed by atoms with E-state index in [2.05, 4.69) is 13.0 Å². The quantitative estimate of drug-likeness (QED) is 0.374. The molecule has 0 radical (unpaired) electrons. The first-order valence-electron chi connectivity index (χ1n) is 12.0. The molecular formula is C26H37Cl2N. The van der Waals surface area contributed by atoms with Gasteiger partial charge in [-0.1, -0.05) is 81.5 Å². The van der Waals surface area contributed by atoms with Gasteiger partial charge in [0.1, 0.15) is 6.07 Å². The van der Waals surface area contributed by atoms with Gasteiger partial charge < -0.3 is 0 Å². The third-order valence-corrected chi connectivity index (χ3v) is 8.29. The smallest absolute Gasteiger partial charge is 0.102 e. The molecule has 0 atom stereocenters. The van der Waals surface area contributed by atoms with Gasteiger partial charge >= 0.3 is 0 Å². The molecule has 0 aliphatic heterocycles. The Labute approximate surface area is 188 Å². The Morgan fingerprint density at radius 3 is 1.93 bits per heavy atom. The summed E-state index contributed by atoms with van der Waals surface area (Å²) in [5.74, 6) is 3.43. The Kier molecular flexibility index (Phi) is 9.20. The maximum absolute atomic E-state index is 9.16. The van der Waals surface area contributed by atoms with E-state index < -0.39 is 0 Å². The number of rotatable bonds is 8. The molecule has 2 saturated carbocycles. The second kappa shape index (κ2) is 11.6. The van der Waals surface area contributed by atoms with Crippen LogP contribution in [0.1, 0.15) is 114 Å². The average Bonchev–Trinajstić information content (AvgIpc) is 2.74. The molecule has 160 valence electrons. The molecule has 2 fully saturated rings. The predicted molar refractivity (Wildman–Crippen MR) is 125 cm³/mol. The first-order chi connectivity index (χ1) is 14.1. The van der Waals surface area contributed by atoms with Crippen LogP contribution in [0.3, 0.4) is 0 Å². The molecule has 1 aromatic rings. The highest BCUT2D eigenvalue weighted by Gasteiger charge is 2.31. The molecule has 0 unspecified atom stereocenters. The summed E-state index contributed by atoms with van der Waals surface area (Å²) in [5, 5.41) is 10.2. The third-order valence-electron chi connectivity index (χ3n) is 7.69. The van der Waals surface area contributed by atoms with Gasteiger partial charge in [0.2, 0.25) is 0 Å². The Morgan fingerprint density at radius 2 is 1.38 bits per heavy atom. The lowest BCUT2D eigenvalue weighted by atomic mass is 9.68. The van der Waals surface area contributed by atoms with Crippen LogP contribution in [0.2, 0.25) is 10.0 Å². The lowest BCUT2D eigenvalue weighted by Crippen LogP contribution is -2.25. The fourth-order valence-electron chi connectivity index (χ4n) is 5.84. The second-order valence-corrected chi connectivity index (χ2v) is 10.4. The summed E-state index contributed by atoms with van der Waals surface area (Å²) in [7, 11) is 0. The van der Waals surface area contributed by atoms with E-state index in [1.165, 1.54) is 95.5 Å². The molecule has 2 aliphatic rings. The Morgan fingerprint density at radius 1 is 0.828 bits per heavy atom. The summed E-state index contributed by atoms with van der Waals surface area (Å²) < 4.78 is 0. The summed E-state index contributed by atoms with van der Waals surface area (Å²) in [6.07, 6.45) is 19.6. The fourth-order valence-corrected chi connectivity index (χ4v) is 6.43. The van der Waals surface area contributed by atoms with E-state index in [-0.39, 0.29) is 0 Å². The Balaban J connectivity index is 1.41. The molecular weight excluding hydrogens is 397 g/mol. The van der Waals surface area contributed by atoms with Crippen molar-refractivity contribution in [2.24, 2.45) is 17.8 Å². The molecule has 0 spiro atoms. The Bertz CT molecular complexity index is 653. The molecule has 2 aliphatic carbocycles. The lowest BCUT2D eigenvalue weighted by molar-refractivity contribution is 0.155. The molecule has 0 saturated heterocycles. The molecule has 1 nitrogen and oxygen atoms in total. The lowest BCUT2D eigenvalue weighted by Gasteiger charge is -2.38. The minimum Gasteiger partial charge on any atom is -0.192 e. The number of hydrogen-bond acceptors (Lipinski definition) is 1. The normalized spacial score (nSPS) is 27.5. The number of benzene rings is 1.